The van der Waals surface area contributed by atoms with Gasteiger partial charge in [0, 0.05) is 11.8 Å². The van der Waals surface area contributed by atoms with Gasteiger partial charge in [-0.2, -0.15) is 0 Å². The number of hydrogen-bond donors (Lipinski definition) is 0. The number of halogens is 1. The quantitative estimate of drug-likeness (QED) is 0.819. The first kappa shape index (κ1) is 9.21. The fraction of sp³-hybridized carbons (Fsp3) is 0.111. The van der Waals surface area contributed by atoms with Crippen molar-refractivity contribution in [1.82, 2.24) is 9.55 Å². The van der Waals surface area contributed by atoms with Crippen LogP contribution in [0.5, 0.6) is 0 Å². The summed E-state index contributed by atoms with van der Waals surface area (Å²) in [6, 6.07) is 1.81. The Morgan fingerprint density at radius 3 is 3.14 bits per heavy atom. The largest absolute Gasteiger partial charge is 0.472 e. The Balaban J connectivity index is 2.34. The molecular weight excluding hydrogens is 248 g/mol. The van der Waals surface area contributed by atoms with E-state index in [1.807, 2.05) is 6.07 Å². The fourth-order valence-corrected chi connectivity index (χ4v) is 1.46. The average Bonchev–Trinajstić information content (AvgIpc) is 2.66. The van der Waals surface area contributed by atoms with Crippen molar-refractivity contribution >= 4 is 15.9 Å². The molecule has 72 valence electrons. The van der Waals surface area contributed by atoms with Crippen LogP contribution in [0.1, 0.15) is 5.56 Å². The van der Waals surface area contributed by atoms with Crippen molar-refractivity contribution < 1.29 is 4.42 Å². The van der Waals surface area contributed by atoms with Crippen molar-refractivity contribution in [2.75, 3.05) is 0 Å². The first-order chi connectivity index (χ1) is 6.77. The van der Waals surface area contributed by atoms with Crippen LogP contribution in [0.4, 0.5) is 0 Å². The highest BCUT2D eigenvalue weighted by molar-refractivity contribution is 9.10. The molecule has 0 N–H and O–H groups in total. The third kappa shape index (κ3) is 1.77. The van der Waals surface area contributed by atoms with Crippen molar-refractivity contribution in [3.63, 3.8) is 0 Å². The van der Waals surface area contributed by atoms with Crippen molar-refractivity contribution in [1.29, 1.82) is 0 Å². The highest BCUT2D eigenvalue weighted by Gasteiger charge is 2.02. The maximum Gasteiger partial charge on any atom is 0.267 e. The molecule has 0 saturated carbocycles. The molecule has 4 nitrogen and oxygen atoms in total. The molecule has 0 atom stereocenters. The van der Waals surface area contributed by atoms with Crippen LogP contribution in [0, 0.1) is 0 Å². The van der Waals surface area contributed by atoms with Crippen LogP contribution in [-0.2, 0) is 6.54 Å². The van der Waals surface area contributed by atoms with E-state index < -0.39 is 0 Å². The van der Waals surface area contributed by atoms with Gasteiger partial charge in [0.1, 0.15) is 4.47 Å². The molecule has 2 aromatic rings. The molecule has 0 aliphatic carbocycles. The second kappa shape index (κ2) is 3.79. The summed E-state index contributed by atoms with van der Waals surface area (Å²) in [7, 11) is 0. The zero-order valence-corrected chi connectivity index (χ0v) is 8.77. The number of furan rings is 1. The monoisotopic (exact) mass is 254 g/mol. The third-order valence-corrected chi connectivity index (χ3v) is 2.34. The molecule has 0 aliphatic heterocycles. The minimum Gasteiger partial charge on any atom is -0.472 e. The van der Waals surface area contributed by atoms with Gasteiger partial charge in [0.15, 0.2) is 0 Å². The number of aromatic nitrogens is 2. The van der Waals surface area contributed by atoms with E-state index in [4.69, 9.17) is 4.42 Å². The highest BCUT2D eigenvalue weighted by Crippen LogP contribution is 2.03. The van der Waals surface area contributed by atoms with E-state index in [0.717, 1.165) is 5.56 Å². The average molecular weight is 255 g/mol. The molecule has 2 rings (SSSR count). The minimum absolute atomic E-state index is 0.0961. The maximum atomic E-state index is 11.5. The lowest BCUT2D eigenvalue weighted by molar-refractivity contribution is 0.561. The Bertz CT molecular complexity index is 476. The zero-order valence-electron chi connectivity index (χ0n) is 7.18. The summed E-state index contributed by atoms with van der Waals surface area (Å²) >= 11 is 3.13. The van der Waals surface area contributed by atoms with Gasteiger partial charge >= 0.3 is 0 Å². The SMILES string of the molecule is O=c1c(Br)cncn1Cc1ccoc1. The first-order valence-electron chi connectivity index (χ1n) is 3.98. The van der Waals surface area contributed by atoms with Gasteiger partial charge < -0.3 is 4.42 Å². The summed E-state index contributed by atoms with van der Waals surface area (Å²) in [6.45, 7) is 0.474. The molecule has 2 aromatic heterocycles. The maximum absolute atomic E-state index is 11.5. The van der Waals surface area contributed by atoms with E-state index in [1.165, 1.54) is 17.1 Å². The van der Waals surface area contributed by atoms with Crippen molar-refractivity contribution in [3.8, 4) is 0 Å². The Hall–Kier alpha value is -1.36. The highest BCUT2D eigenvalue weighted by atomic mass is 79.9. The number of hydrogen-bond acceptors (Lipinski definition) is 3. The number of rotatable bonds is 2. The van der Waals surface area contributed by atoms with Crippen LogP contribution >= 0.6 is 15.9 Å². The van der Waals surface area contributed by atoms with Gasteiger partial charge in [-0.15, -0.1) is 0 Å². The summed E-state index contributed by atoms with van der Waals surface area (Å²) in [6.07, 6.45) is 6.16. The van der Waals surface area contributed by atoms with Gasteiger partial charge in [-0.1, -0.05) is 0 Å². The fourth-order valence-electron chi connectivity index (χ4n) is 1.12. The second-order valence-corrected chi connectivity index (χ2v) is 3.66. The summed E-state index contributed by atoms with van der Waals surface area (Å²) in [5.41, 5.74) is 0.841. The van der Waals surface area contributed by atoms with Crippen molar-refractivity contribution in [2.45, 2.75) is 6.54 Å². The first-order valence-corrected chi connectivity index (χ1v) is 4.77. The molecule has 2 heterocycles. The molecule has 5 heteroatoms. The van der Waals surface area contributed by atoms with E-state index in [1.54, 1.807) is 12.5 Å². The van der Waals surface area contributed by atoms with E-state index in [9.17, 15) is 4.79 Å². The molecule has 0 saturated heterocycles. The molecule has 0 spiro atoms. The van der Waals surface area contributed by atoms with Crippen LogP contribution in [0.3, 0.4) is 0 Å². The molecule has 0 amide bonds. The van der Waals surface area contributed by atoms with E-state index in [-0.39, 0.29) is 5.56 Å². The van der Waals surface area contributed by atoms with Crippen molar-refractivity contribution in [2.24, 2.45) is 0 Å². The van der Waals surface area contributed by atoms with Gasteiger partial charge in [-0.25, -0.2) is 4.98 Å². The third-order valence-electron chi connectivity index (χ3n) is 1.79. The summed E-state index contributed by atoms with van der Waals surface area (Å²) in [4.78, 5) is 15.5. The van der Waals surface area contributed by atoms with E-state index >= 15 is 0 Å². The lowest BCUT2D eigenvalue weighted by Crippen LogP contribution is -2.20. The summed E-state index contributed by atoms with van der Waals surface area (Å²) < 4.78 is 6.88. The normalized spacial score (nSPS) is 10.4. The Labute approximate surface area is 88.3 Å². The molecule has 0 unspecified atom stereocenters. The predicted octanol–water partition coefficient (Wildman–Crippen LogP) is 1.65. The topological polar surface area (TPSA) is 48.0 Å². The molecule has 0 radical (unpaired) electrons. The summed E-state index contributed by atoms with van der Waals surface area (Å²) in [5.74, 6) is 0. The van der Waals surface area contributed by atoms with Crippen LogP contribution in [0.2, 0.25) is 0 Å². The van der Waals surface area contributed by atoms with Crippen LogP contribution in [0.15, 0.2) is 44.8 Å². The predicted molar refractivity (Wildman–Crippen MR) is 54.0 cm³/mol. The Morgan fingerprint density at radius 2 is 2.43 bits per heavy atom. The Morgan fingerprint density at radius 1 is 1.57 bits per heavy atom. The molecule has 14 heavy (non-hydrogen) atoms. The van der Waals surface area contributed by atoms with E-state index in [0.29, 0.717) is 11.0 Å². The van der Waals surface area contributed by atoms with Gasteiger partial charge in [-0.3, -0.25) is 9.36 Å². The number of nitrogens with zero attached hydrogens (tertiary/aromatic N) is 2. The minimum atomic E-state index is -0.0961. The summed E-state index contributed by atoms with van der Waals surface area (Å²) in [5, 5.41) is 0. The van der Waals surface area contributed by atoms with Gasteiger partial charge in [0.05, 0.1) is 25.4 Å². The smallest absolute Gasteiger partial charge is 0.267 e. The van der Waals surface area contributed by atoms with Crippen LogP contribution in [0.25, 0.3) is 0 Å². The Kier molecular flexibility index (Phi) is 2.49. The zero-order chi connectivity index (χ0) is 9.97. The standard InChI is InChI=1S/C9H7BrN2O2/c10-8-3-11-6-12(9(8)13)4-7-1-2-14-5-7/h1-3,5-6H,4H2. The molecule has 0 aliphatic rings. The van der Waals surface area contributed by atoms with Gasteiger partial charge in [0.25, 0.3) is 5.56 Å². The lowest BCUT2D eigenvalue weighted by atomic mass is 10.3. The molecule has 0 fully saturated rings. The molecule has 0 aromatic carbocycles. The molecule has 0 bridgehead atoms. The van der Waals surface area contributed by atoms with Crippen molar-refractivity contribution in [3.05, 3.63) is 51.5 Å². The van der Waals surface area contributed by atoms with Crippen LogP contribution < -0.4 is 5.56 Å². The van der Waals surface area contributed by atoms with Crippen LogP contribution in [-0.4, -0.2) is 9.55 Å². The lowest BCUT2D eigenvalue weighted by Gasteiger charge is -2.01. The van der Waals surface area contributed by atoms with Gasteiger partial charge in [-0.05, 0) is 22.0 Å². The van der Waals surface area contributed by atoms with E-state index in [2.05, 4.69) is 20.9 Å². The van der Waals surface area contributed by atoms with Gasteiger partial charge in [0.2, 0.25) is 0 Å². The molecular formula is C9H7BrN2O2. The second-order valence-electron chi connectivity index (χ2n) is 2.81.